The van der Waals surface area contributed by atoms with Gasteiger partial charge in [0.05, 0.1) is 12.0 Å². The number of furan rings is 1. The highest BCUT2D eigenvalue weighted by Gasteiger charge is 2.35. The monoisotopic (exact) mass is 408 g/mol. The summed E-state index contributed by atoms with van der Waals surface area (Å²) >= 11 is 3.45. The van der Waals surface area contributed by atoms with Crippen molar-refractivity contribution in [2.75, 3.05) is 0 Å². The molecule has 1 atom stereocenters. The van der Waals surface area contributed by atoms with Gasteiger partial charge in [0.25, 0.3) is 5.91 Å². The van der Waals surface area contributed by atoms with Gasteiger partial charge in [0.15, 0.2) is 0 Å². The Labute approximate surface area is 160 Å². The average Bonchev–Trinajstić information content (AvgIpc) is 3.31. The molecule has 0 spiro atoms. The molecule has 0 radical (unpaired) electrons. The third-order valence-electron chi connectivity index (χ3n) is 4.43. The van der Waals surface area contributed by atoms with E-state index in [-0.39, 0.29) is 11.9 Å². The van der Waals surface area contributed by atoms with Crippen molar-refractivity contribution in [1.82, 2.24) is 5.01 Å². The molecule has 0 saturated heterocycles. The summed E-state index contributed by atoms with van der Waals surface area (Å²) in [6.07, 6.45) is 2.25. The quantitative estimate of drug-likeness (QED) is 0.586. The van der Waals surface area contributed by atoms with Crippen LogP contribution in [0.3, 0.4) is 0 Å². The molecule has 0 N–H and O–H groups in total. The van der Waals surface area contributed by atoms with E-state index in [0.29, 0.717) is 12.0 Å². The van der Waals surface area contributed by atoms with Crippen LogP contribution in [0.5, 0.6) is 0 Å². The van der Waals surface area contributed by atoms with Crippen molar-refractivity contribution < 1.29 is 9.21 Å². The van der Waals surface area contributed by atoms with Crippen LogP contribution in [-0.4, -0.2) is 16.6 Å². The maximum atomic E-state index is 13.1. The molecule has 0 saturated carbocycles. The van der Waals surface area contributed by atoms with Gasteiger partial charge in [0, 0.05) is 16.5 Å². The van der Waals surface area contributed by atoms with Crippen molar-refractivity contribution >= 4 is 27.5 Å². The number of amides is 1. The van der Waals surface area contributed by atoms with Crippen LogP contribution in [0.1, 0.15) is 39.7 Å². The Morgan fingerprint density at radius 3 is 2.65 bits per heavy atom. The van der Waals surface area contributed by atoms with Gasteiger partial charge < -0.3 is 4.42 Å². The number of rotatable bonds is 3. The van der Waals surface area contributed by atoms with Crippen LogP contribution in [0.2, 0.25) is 0 Å². The lowest BCUT2D eigenvalue weighted by Gasteiger charge is -2.20. The number of halogens is 1. The summed E-state index contributed by atoms with van der Waals surface area (Å²) in [6.45, 7) is 1.97. The van der Waals surface area contributed by atoms with Crippen molar-refractivity contribution in [3.63, 3.8) is 0 Å². The van der Waals surface area contributed by atoms with Gasteiger partial charge in [-0.2, -0.15) is 5.10 Å². The first-order valence-corrected chi connectivity index (χ1v) is 9.18. The fraction of sp³-hybridized carbons (Fsp3) is 0.143. The molecule has 2 aromatic carbocycles. The minimum absolute atomic E-state index is 0.123. The lowest BCUT2D eigenvalue weighted by molar-refractivity contribution is 0.0692. The van der Waals surface area contributed by atoms with E-state index in [2.05, 4.69) is 21.0 Å². The summed E-state index contributed by atoms with van der Waals surface area (Å²) in [5.74, 6) is 0.615. The summed E-state index contributed by atoms with van der Waals surface area (Å²) in [5.41, 5.74) is 3.55. The Kier molecular flexibility index (Phi) is 4.47. The Bertz CT molecular complexity index is 962. The van der Waals surface area contributed by atoms with E-state index in [1.54, 1.807) is 11.3 Å². The molecule has 1 aliphatic rings. The van der Waals surface area contributed by atoms with E-state index >= 15 is 0 Å². The predicted octanol–water partition coefficient (Wildman–Crippen LogP) is 5.34. The number of hydrogen-bond donors (Lipinski definition) is 0. The highest BCUT2D eigenvalue weighted by atomic mass is 79.9. The molecule has 4 nitrogen and oxygen atoms in total. The third-order valence-corrected chi connectivity index (χ3v) is 4.96. The van der Waals surface area contributed by atoms with Crippen molar-refractivity contribution in [2.45, 2.75) is 19.4 Å². The van der Waals surface area contributed by atoms with Gasteiger partial charge in [-0.05, 0) is 48.9 Å². The maximum absolute atomic E-state index is 13.1. The Morgan fingerprint density at radius 1 is 1.15 bits per heavy atom. The third kappa shape index (κ3) is 3.22. The van der Waals surface area contributed by atoms with Gasteiger partial charge in [-0.1, -0.05) is 45.8 Å². The minimum atomic E-state index is -0.239. The molecule has 2 heterocycles. The summed E-state index contributed by atoms with van der Waals surface area (Å²) in [5, 5.41) is 6.20. The van der Waals surface area contributed by atoms with E-state index in [1.807, 2.05) is 67.6 Å². The molecule has 4 rings (SSSR count). The van der Waals surface area contributed by atoms with Crippen LogP contribution in [0, 0.1) is 6.92 Å². The van der Waals surface area contributed by atoms with Crippen molar-refractivity contribution in [3.8, 4) is 0 Å². The SMILES string of the molecule is Cc1cccc(C(=O)N2N=C(c3ccc(Br)cc3)C[C@H]2c2ccco2)c1. The van der Waals surface area contributed by atoms with Crippen molar-refractivity contribution in [3.05, 3.63) is 93.9 Å². The number of hydrazone groups is 1. The number of benzene rings is 2. The number of carbonyl (C=O) groups excluding carboxylic acids is 1. The van der Waals surface area contributed by atoms with Gasteiger partial charge in [0.1, 0.15) is 11.8 Å². The van der Waals surface area contributed by atoms with Gasteiger partial charge in [-0.15, -0.1) is 0 Å². The average molecular weight is 409 g/mol. The number of nitrogens with zero attached hydrogens (tertiary/aromatic N) is 2. The zero-order chi connectivity index (χ0) is 18.1. The van der Waals surface area contributed by atoms with Crippen LogP contribution in [0.4, 0.5) is 0 Å². The maximum Gasteiger partial charge on any atom is 0.274 e. The second-order valence-corrected chi connectivity index (χ2v) is 7.22. The van der Waals surface area contributed by atoms with Crippen molar-refractivity contribution in [1.29, 1.82) is 0 Å². The first kappa shape index (κ1) is 16.8. The highest BCUT2D eigenvalue weighted by Crippen LogP contribution is 2.34. The second-order valence-electron chi connectivity index (χ2n) is 6.31. The van der Waals surface area contributed by atoms with Gasteiger partial charge in [-0.3, -0.25) is 4.79 Å². The molecule has 1 aliphatic heterocycles. The summed E-state index contributed by atoms with van der Waals surface area (Å²) in [6, 6.07) is 19.0. The van der Waals surface area contributed by atoms with Gasteiger partial charge >= 0.3 is 0 Å². The fourth-order valence-corrected chi connectivity index (χ4v) is 3.39. The minimum Gasteiger partial charge on any atom is -0.467 e. The standard InChI is InChI=1S/C21H17BrN2O2/c1-14-4-2-5-16(12-14)21(25)24-19(20-6-3-11-26-20)13-18(23-24)15-7-9-17(22)10-8-15/h2-12,19H,13H2,1H3/t19-/m0/s1. The molecule has 0 aliphatic carbocycles. The summed E-state index contributed by atoms with van der Waals surface area (Å²) in [7, 11) is 0. The van der Waals surface area contributed by atoms with E-state index in [9.17, 15) is 4.79 Å². The van der Waals surface area contributed by atoms with Crippen LogP contribution in [-0.2, 0) is 0 Å². The number of carbonyl (C=O) groups is 1. The fourth-order valence-electron chi connectivity index (χ4n) is 3.13. The molecule has 1 amide bonds. The van der Waals surface area contributed by atoms with E-state index in [0.717, 1.165) is 27.1 Å². The summed E-state index contributed by atoms with van der Waals surface area (Å²) < 4.78 is 6.60. The number of hydrogen-bond acceptors (Lipinski definition) is 3. The van der Waals surface area contributed by atoms with E-state index < -0.39 is 0 Å². The Balaban J connectivity index is 1.72. The molecule has 26 heavy (non-hydrogen) atoms. The molecule has 0 bridgehead atoms. The molecule has 0 fully saturated rings. The topological polar surface area (TPSA) is 45.8 Å². The second kappa shape index (κ2) is 6.92. The first-order chi connectivity index (χ1) is 12.6. The Morgan fingerprint density at radius 2 is 1.96 bits per heavy atom. The molecule has 5 heteroatoms. The molecule has 130 valence electrons. The van der Waals surface area contributed by atoms with Crippen molar-refractivity contribution in [2.24, 2.45) is 5.10 Å². The number of aryl methyl sites for hydroxylation is 1. The van der Waals surface area contributed by atoms with Crippen LogP contribution < -0.4 is 0 Å². The molecular weight excluding hydrogens is 392 g/mol. The summed E-state index contributed by atoms with van der Waals surface area (Å²) in [4.78, 5) is 13.1. The van der Waals surface area contributed by atoms with Crippen LogP contribution >= 0.6 is 15.9 Å². The van der Waals surface area contributed by atoms with Crippen LogP contribution in [0.15, 0.2) is 80.9 Å². The largest absolute Gasteiger partial charge is 0.467 e. The van der Waals surface area contributed by atoms with E-state index in [4.69, 9.17) is 4.42 Å². The zero-order valence-electron chi connectivity index (χ0n) is 14.2. The van der Waals surface area contributed by atoms with E-state index in [1.165, 1.54) is 0 Å². The van der Waals surface area contributed by atoms with Crippen LogP contribution in [0.25, 0.3) is 0 Å². The molecule has 3 aromatic rings. The highest BCUT2D eigenvalue weighted by molar-refractivity contribution is 9.10. The Hall–Kier alpha value is -2.66. The molecule has 0 unspecified atom stereocenters. The normalized spacial score (nSPS) is 16.6. The molecule has 1 aromatic heterocycles. The smallest absolute Gasteiger partial charge is 0.274 e. The van der Waals surface area contributed by atoms with Gasteiger partial charge in [-0.25, -0.2) is 5.01 Å². The lowest BCUT2D eigenvalue weighted by atomic mass is 10.0. The first-order valence-electron chi connectivity index (χ1n) is 8.39. The lowest BCUT2D eigenvalue weighted by Crippen LogP contribution is -2.26. The molecular formula is C21H17BrN2O2. The zero-order valence-corrected chi connectivity index (χ0v) is 15.8. The van der Waals surface area contributed by atoms with Gasteiger partial charge in [0.2, 0.25) is 0 Å². The predicted molar refractivity (Wildman–Crippen MR) is 104 cm³/mol.